The number of imidazole rings is 1. The summed E-state index contributed by atoms with van der Waals surface area (Å²) in [6.07, 6.45) is 3.99. The first-order valence-electron chi connectivity index (χ1n) is 17.1. The molecule has 246 valence electrons. The lowest BCUT2D eigenvalue weighted by Crippen LogP contribution is -2.25. The average Bonchev–Trinajstić information content (AvgIpc) is 3.46. The molecule has 0 radical (unpaired) electrons. The number of aryl methyl sites for hydroxylation is 1. The minimum absolute atomic E-state index is 0.601. The Morgan fingerprint density at radius 2 is 1.41 bits per heavy atom. The van der Waals surface area contributed by atoms with Gasteiger partial charge in [-0.15, -0.1) is 0 Å². The zero-order chi connectivity index (χ0) is 32.7. The van der Waals surface area contributed by atoms with E-state index in [-0.39, 0.29) is 0 Å². The van der Waals surface area contributed by atoms with Crippen molar-refractivity contribution in [1.29, 1.82) is 5.26 Å². The van der Waals surface area contributed by atoms with Crippen molar-refractivity contribution in [3.8, 4) is 40.5 Å². The van der Waals surface area contributed by atoms with Crippen LogP contribution in [0.1, 0.15) is 65.9 Å². The van der Waals surface area contributed by atoms with Gasteiger partial charge in [-0.25, -0.2) is 4.98 Å². The second-order valence-corrected chi connectivity index (χ2v) is 11.5. The summed E-state index contributed by atoms with van der Waals surface area (Å²) in [5.41, 5.74) is 3.43. The summed E-state index contributed by atoms with van der Waals surface area (Å²) < 4.78 is 21.3. The molecule has 3 aromatic carbocycles. The molecule has 0 fully saturated rings. The van der Waals surface area contributed by atoms with Gasteiger partial charge in [-0.1, -0.05) is 53.2 Å². The van der Waals surface area contributed by atoms with E-state index in [1.54, 1.807) is 12.1 Å². The first-order chi connectivity index (χ1) is 22.5. The van der Waals surface area contributed by atoms with Crippen molar-refractivity contribution in [2.75, 3.05) is 52.5 Å². The van der Waals surface area contributed by atoms with Crippen LogP contribution in [0.2, 0.25) is 0 Å². The van der Waals surface area contributed by atoms with Crippen LogP contribution in [0.3, 0.4) is 0 Å². The minimum atomic E-state index is 0.601. The standard InChI is InChI=1S/C38H51N5O3/c1-6-11-23-43-35-27-34(44-24-13-21-41(7-2)8-3)28-36(45-25-14-22-42(9-4)10-5)37(35)40-38(43)31-15-12-16-33(26-31)46-32-19-17-30(29-39)18-20-32/h12,15-20,26-28H,6-11,13-14,21-25H2,1-5H3. The molecule has 1 aromatic heterocycles. The van der Waals surface area contributed by atoms with E-state index in [1.165, 1.54) is 0 Å². The van der Waals surface area contributed by atoms with Crippen molar-refractivity contribution in [3.05, 3.63) is 66.2 Å². The number of hydrogen-bond acceptors (Lipinski definition) is 7. The molecule has 8 heteroatoms. The van der Waals surface area contributed by atoms with E-state index in [9.17, 15) is 0 Å². The van der Waals surface area contributed by atoms with Gasteiger partial charge in [0.2, 0.25) is 0 Å². The Morgan fingerprint density at radius 1 is 0.739 bits per heavy atom. The Labute approximate surface area is 275 Å². The molecule has 0 unspecified atom stereocenters. The van der Waals surface area contributed by atoms with Crippen LogP contribution >= 0.6 is 0 Å². The maximum absolute atomic E-state index is 9.14. The van der Waals surface area contributed by atoms with Crippen LogP contribution in [-0.2, 0) is 6.54 Å². The van der Waals surface area contributed by atoms with Crippen molar-refractivity contribution in [1.82, 2.24) is 19.4 Å². The van der Waals surface area contributed by atoms with E-state index < -0.39 is 0 Å². The van der Waals surface area contributed by atoms with Gasteiger partial charge in [0, 0.05) is 37.3 Å². The van der Waals surface area contributed by atoms with Crippen molar-refractivity contribution >= 4 is 11.0 Å². The normalized spacial score (nSPS) is 11.3. The third kappa shape index (κ3) is 9.48. The van der Waals surface area contributed by atoms with Gasteiger partial charge in [0.05, 0.1) is 30.4 Å². The largest absolute Gasteiger partial charge is 0.493 e. The monoisotopic (exact) mass is 625 g/mol. The van der Waals surface area contributed by atoms with Gasteiger partial charge in [0.15, 0.2) is 5.75 Å². The van der Waals surface area contributed by atoms with Crippen molar-refractivity contribution < 1.29 is 14.2 Å². The number of nitriles is 1. The van der Waals surface area contributed by atoms with Crippen LogP contribution in [0.4, 0.5) is 0 Å². The zero-order valence-corrected chi connectivity index (χ0v) is 28.4. The topological polar surface area (TPSA) is 75.8 Å². The lowest BCUT2D eigenvalue weighted by Gasteiger charge is -2.18. The van der Waals surface area contributed by atoms with E-state index >= 15 is 0 Å². The molecule has 1 heterocycles. The number of rotatable bonds is 20. The number of fused-ring (bicyclic) bond motifs is 1. The van der Waals surface area contributed by atoms with Crippen LogP contribution in [0, 0.1) is 11.3 Å². The fraction of sp³-hybridized carbons (Fsp3) is 0.474. The average molecular weight is 626 g/mol. The molecule has 0 amide bonds. The van der Waals surface area contributed by atoms with E-state index in [0.717, 1.165) is 105 Å². The zero-order valence-electron chi connectivity index (χ0n) is 28.4. The van der Waals surface area contributed by atoms with Gasteiger partial charge in [-0.05, 0) is 81.8 Å². The number of hydrogen-bond donors (Lipinski definition) is 0. The Hall–Kier alpha value is -4.06. The Kier molecular flexibility index (Phi) is 13.8. The first-order valence-corrected chi connectivity index (χ1v) is 17.1. The Morgan fingerprint density at radius 3 is 2.04 bits per heavy atom. The Balaban J connectivity index is 1.67. The predicted molar refractivity (Wildman–Crippen MR) is 187 cm³/mol. The second kappa shape index (κ2) is 18.2. The van der Waals surface area contributed by atoms with E-state index in [2.05, 4.69) is 67.2 Å². The van der Waals surface area contributed by atoms with Gasteiger partial charge >= 0.3 is 0 Å². The number of unbranched alkanes of at least 4 members (excludes halogenated alkanes) is 1. The van der Waals surface area contributed by atoms with E-state index in [0.29, 0.717) is 30.3 Å². The molecule has 0 bridgehead atoms. The van der Waals surface area contributed by atoms with Crippen LogP contribution < -0.4 is 14.2 Å². The lowest BCUT2D eigenvalue weighted by atomic mass is 10.2. The summed E-state index contributed by atoms with van der Waals surface area (Å²) in [6.45, 7) is 19.3. The highest BCUT2D eigenvalue weighted by Crippen LogP contribution is 2.36. The molecule has 0 aliphatic heterocycles. The molecule has 4 aromatic rings. The van der Waals surface area contributed by atoms with Crippen LogP contribution in [0.5, 0.6) is 23.0 Å². The van der Waals surface area contributed by atoms with Gasteiger partial charge in [0.25, 0.3) is 0 Å². The van der Waals surface area contributed by atoms with Gasteiger partial charge in [-0.2, -0.15) is 5.26 Å². The summed E-state index contributed by atoms with van der Waals surface area (Å²) >= 11 is 0. The fourth-order valence-corrected chi connectivity index (χ4v) is 5.58. The molecule has 46 heavy (non-hydrogen) atoms. The molecular weight excluding hydrogens is 574 g/mol. The Bertz CT molecular complexity index is 1530. The van der Waals surface area contributed by atoms with Crippen LogP contribution in [-0.4, -0.2) is 71.8 Å². The van der Waals surface area contributed by atoms with Crippen LogP contribution in [0.25, 0.3) is 22.4 Å². The quantitative estimate of drug-likeness (QED) is 0.0913. The van der Waals surface area contributed by atoms with E-state index in [1.807, 2.05) is 36.4 Å². The molecule has 0 atom stereocenters. The smallest absolute Gasteiger partial charge is 0.150 e. The van der Waals surface area contributed by atoms with Crippen molar-refractivity contribution in [2.24, 2.45) is 0 Å². The molecule has 0 saturated carbocycles. The summed E-state index contributed by atoms with van der Waals surface area (Å²) in [7, 11) is 0. The van der Waals surface area contributed by atoms with E-state index in [4.69, 9.17) is 24.5 Å². The maximum Gasteiger partial charge on any atom is 0.150 e. The molecule has 0 aliphatic carbocycles. The van der Waals surface area contributed by atoms with Crippen molar-refractivity contribution in [2.45, 2.75) is 66.8 Å². The number of benzene rings is 3. The summed E-state index contributed by atoms with van der Waals surface area (Å²) in [6, 6.07) is 21.5. The molecule has 0 spiro atoms. The molecule has 4 rings (SSSR count). The number of aromatic nitrogens is 2. The highest BCUT2D eigenvalue weighted by molar-refractivity contribution is 5.87. The maximum atomic E-state index is 9.14. The minimum Gasteiger partial charge on any atom is -0.493 e. The fourth-order valence-electron chi connectivity index (χ4n) is 5.58. The first kappa shape index (κ1) is 34.8. The molecule has 0 saturated heterocycles. The predicted octanol–water partition coefficient (Wildman–Crippen LogP) is 8.39. The van der Waals surface area contributed by atoms with Gasteiger partial charge in [-0.3, -0.25) is 0 Å². The summed E-state index contributed by atoms with van der Waals surface area (Å²) in [5, 5.41) is 9.14. The lowest BCUT2D eigenvalue weighted by molar-refractivity contribution is 0.243. The van der Waals surface area contributed by atoms with Crippen LogP contribution in [0.15, 0.2) is 60.7 Å². The summed E-state index contributed by atoms with van der Waals surface area (Å²) in [5.74, 6) is 3.84. The van der Waals surface area contributed by atoms with Gasteiger partial charge < -0.3 is 28.6 Å². The third-order valence-electron chi connectivity index (χ3n) is 8.39. The highest BCUT2D eigenvalue weighted by Gasteiger charge is 2.19. The van der Waals surface area contributed by atoms with Crippen molar-refractivity contribution in [3.63, 3.8) is 0 Å². The number of ether oxygens (including phenoxy) is 3. The number of nitrogens with zero attached hydrogens (tertiary/aromatic N) is 5. The second-order valence-electron chi connectivity index (χ2n) is 11.5. The summed E-state index contributed by atoms with van der Waals surface area (Å²) in [4.78, 5) is 10.0. The molecular formula is C38H51N5O3. The molecule has 8 nitrogen and oxygen atoms in total. The highest BCUT2D eigenvalue weighted by atomic mass is 16.5. The van der Waals surface area contributed by atoms with Gasteiger partial charge in [0.1, 0.15) is 28.6 Å². The molecule has 0 N–H and O–H groups in total. The SMILES string of the molecule is CCCCn1c(-c2cccc(Oc3ccc(C#N)cc3)c2)nc2c(OCCCN(CC)CC)cc(OCCCN(CC)CC)cc21. The third-order valence-corrected chi connectivity index (χ3v) is 8.39. The molecule has 0 aliphatic rings.